The van der Waals surface area contributed by atoms with E-state index in [1.165, 1.54) is 0 Å². The standard InChI is InChI=1S/C23H25N5O3/c29-21(24-17-6-2-1-3-7-17)16-20-22(30)27(11-10-26-12-14-31-15-13-26)23-25-18-8-4-5-9-19(18)28(20)23/h1-9,20H,10-16H2,(H,24,29)/t20-/m0/s1. The van der Waals surface area contributed by atoms with E-state index >= 15 is 0 Å². The fraction of sp³-hybridized carbons (Fsp3) is 0.348. The first-order valence-corrected chi connectivity index (χ1v) is 10.6. The van der Waals surface area contributed by atoms with Gasteiger partial charge in [-0.3, -0.25) is 24.0 Å². The number of nitrogens with one attached hydrogen (secondary N) is 1. The van der Waals surface area contributed by atoms with Crippen molar-refractivity contribution >= 4 is 34.5 Å². The Balaban J connectivity index is 1.39. The summed E-state index contributed by atoms with van der Waals surface area (Å²) in [6.07, 6.45) is 0.0646. The minimum absolute atomic E-state index is 0.0646. The molecule has 2 aliphatic heterocycles. The molecule has 0 aliphatic carbocycles. The van der Waals surface area contributed by atoms with Gasteiger partial charge in [0.1, 0.15) is 6.04 Å². The number of hydrogen-bond acceptors (Lipinski definition) is 5. The van der Waals surface area contributed by atoms with Crippen LogP contribution in [0.2, 0.25) is 0 Å². The Kier molecular flexibility index (Phi) is 5.40. The number of hydrogen-bond donors (Lipinski definition) is 1. The Morgan fingerprint density at radius 1 is 1.03 bits per heavy atom. The molecule has 1 fully saturated rings. The van der Waals surface area contributed by atoms with E-state index in [-0.39, 0.29) is 18.2 Å². The van der Waals surface area contributed by atoms with Gasteiger partial charge in [-0.1, -0.05) is 30.3 Å². The highest BCUT2D eigenvalue weighted by Crippen LogP contribution is 2.36. The summed E-state index contributed by atoms with van der Waals surface area (Å²) in [5, 5.41) is 2.89. The van der Waals surface area contributed by atoms with Crippen molar-refractivity contribution in [2.24, 2.45) is 0 Å². The highest BCUT2D eigenvalue weighted by Gasteiger charge is 2.40. The number of anilines is 2. The molecule has 1 atom stereocenters. The molecule has 3 aromatic rings. The monoisotopic (exact) mass is 419 g/mol. The van der Waals surface area contributed by atoms with E-state index in [2.05, 4.69) is 10.2 Å². The average Bonchev–Trinajstić information content (AvgIpc) is 3.28. The molecule has 0 spiro atoms. The summed E-state index contributed by atoms with van der Waals surface area (Å²) >= 11 is 0. The largest absolute Gasteiger partial charge is 0.379 e. The van der Waals surface area contributed by atoms with Crippen LogP contribution in [0.4, 0.5) is 11.6 Å². The number of amides is 2. The van der Waals surface area contributed by atoms with Crippen LogP contribution < -0.4 is 10.2 Å². The molecule has 3 heterocycles. The second-order valence-electron chi connectivity index (χ2n) is 7.85. The minimum Gasteiger partial charge on any atom is -0.379 e. The summed E-state index contributed by atoms with van der Waals surface area (Å²) in [5.41, 5.74) is 2.42. The maximum absolute atomic E-state index is 13.4. The second-order valence-corrected chi connectivity index (χ2v) is 7.85. The quantitative estimate of drug-likeness (QED) is 0.663. The fourth-order valence-electron chi connectivity index (χ4n) is 4.28. The van der Waals surface area contributed by atoms with E-state index in [9.17, 15) is 9.59 Å². The summed E-state index contributed by atoms with van der Waals surface area (Å²) in [5.74, 6) is 0.352. The maximum Gasteiger partial charge on any atom is 0.253 e. The number of carbonyl (C=O) groups is 2. The zero-order valence-corrected chi connectivity index (χ0v) is 17.2. The molecular weight excluding hydrogens is 394 g/mol. The number of benzene rings is 2. The zero-order valence-electron chi connectivity index (χ0n) is 17.2. The van der Waals surface area contributed by atoms with Gasteiger partial charge < -0.3 is 10.1 Å². The molecule has 0 radical (unpaired) electrons. The summed E-state index contributed by atoms with van der Waals surface area (Å²) in [4.78, 5) is 34.9. The summed E-state index contributed by atoms with van der Waals surface area (Å²) in [7, 11) is 0. The molecule has 31 heavy (non-hydrogen) atoms. The second kappa shape index (κ2) is 8.49. The molecule has 1 aromatic heterocycles. The summed E-state index contributed by atoms with van der Waals surface area (Å²) in [6, 6.07) is 16.4. The molecule has 0 saturated carbocycles. The molecule has 8 heteroatoms. The zero-order chi connectivity index (χ0) is 21.2. The van der Waals surface area contributed by atoms with E-state index < -0.39 is 6.04 Å². The van der Waals surface area contributed by atoms with Gasteiger partial charge in [0.05, 0.1) is 30.7 Å². The first-order chi connectivity index (χ1) is 15.2. The third kappa shape index (κ3) is 3.92. The van der Waals surface area contributed by atoms with Crippen LogP contribution >= 0.6 is 0 Å². The highest BCUT2D eigenvalue weighted by molar-refractivity contribution is 6.05. The lowest BCUT2D eigenvalue weighted by atomic mass is 10.1. The van der Waals surface area contributed by atoms with Crippen LogP contribution in [0, 0.1) is 0 Å². The number of nitrogens with zero attached hydrogens (tertiary/aromatic N) is 4. The minimum atomic E-state index is -0.601. The lowest BCUT2D eigenvalue weighted by molar-refractivity contribution is -0.124. The molecule has 5 rings (SSSR count). The number of imidazole rings is 1. The van der Waals surface area contributed by atoms with E-state index in [0.29, 0.717) is 12.5 Å². The SMILES string of the molecule is O=C(C[C@H]1C(=O)N(CCN2CCOCC2)c2nc3ccccc3n21)Nc1ccccc1. The number of morpholine rings is 1. The number of rotatable bonds is 6. The van der Waals surface area contributed by atoms with Crippen LogP contribution in [0.25, 0.3) is 11.0 Å². The first-order valence-electron chi connectivity index (χ1n) is 10.6. The van der Waals surface area contributed by atoms with Gasteiger partial charge in [0.15, 0.2) is 0 Å². The molecule has 160 valence electrons. The topological polar surface area (TPSA) is 79.7 Å². The predicted molar refractivity (Wildman–Crippen MR) is 118 cm³/mol. The van der Waals surface area contributed by atoms with Gasteiger partial charge in [0, 0.05) is 31.9 Å². The van der Waals surface area contributed by atoms with E-state index in [1.807, 2.05) is 59.2 Å². The molecule has 8 nitrogen and oxygen atoms in total. The molecule has 2 amide bonds. The van der Waals surface area contributed by atoms with Crippen molar-refractivity contribution < 1.29 is 14.3 Å². The van der Waals surface area contributed by atoms with Gasteiger partial charge in [-0.15, -0.1) is 0 Å². The van der Waals surface area contributed by atoms with Gasteiger partial charge >= 0.3 is 0 Å². The van der Waals surface area contributed by atoms with Crippen LogP contribution in [-0.2, 0) is 14.3 Å². The summed E-state index contributed by atoms with van der Waals surface area (Å²) in [6.45, 7) is 4.45. The molecule has 1 saturated heterocycles. The van der Waals surface area contributed by atoms with Crippen LogP contribution in [0.1, 0.15) is 12.5 Å². The van der Waals surface area contributed by atoms with Gasteiger partial charge in [-0.05, 0) is 24.3 Å². The summed E-state index contributed by atoms with van der Waals surface area (Å²) < 4.78 is 7.33. The predicted octanol–water partition coefficient (Wildman–Crippen LogP) is 2.28. The third-order valence-electron chi connectivity index (χ3n) is 5.86. The molecule has 2 aromatic carbocycles. The average molecular weight is 419 g/mol. The van der Waals surface area contributed by atoms with Crippen molar-refractivity contribution in [3.05, 3.63) is 54.6 Å². The van der Waals surface area contributed by atoms with Crippen molar-refractivity contribution in [1.82, 2.24) is 14.5 Å². The smallest absolute Gasteiger partial charge is 0.253 e. The molecular formula is C23H25N5O3. The molecule has 0 unspecified atom stereocenters. The van der Waals surface area contributed by atoms with Crippen LogP contribution in [0.15, 0.2) is 54.6 Å². The van der Waals surface area contributed by atoms with Crippen molar-refractivity contribution in [3.8, 4) is 0 Å². The number of aromatic nitrogens is 2. The van der Waals surface area contributed by atoms with E-state index in [4.69, 9.17) is 9.72 Å². The van der Waals surface area contributed by atoms with Gasteiger partial charge in [-0.25, -0.2) is 4.98 Å². The first kappa shape index (κ1) is 19.7. The number of fused-ring (bicyclic) bond motifs is 3. The highest BCUT2D eigenvalue weighted by atomic mass is 16.5. The maximum atomic E-state index is 13.4. The Morgan fingerprint density at radius 3 is 2.58 bits per heavy atom. The Morgan fingerprint density at radius 2 is 1.77 bits per heavy atom. The lowest BCUT2D eigenvalue weighted by Crippen LogP contribution is -2.42. The lowest BCUT2D eigenvalue weighted by Gasteiger charge is -2.28. The number of carbonyl (C=O) groups excluding carboxylic acids is 2. The number of para-hydroxylation sites is 3. The van der Waals surface area contributed by atoms with E-state index in [0.717, 1.165) is 49.6 Å². The molecule has 2 aliphatic rings. The van der Waals surface area contributed by atoms with Crippen LogP contribution in [0.3, 0.4) is 0 Å². The Bertz CT molecular complexity index is 1090. The Hall–Kier alpha value is -3.23. The van der Waals surface area contributed by atoms with Gasteiger partial charge in [-0.2, -0.15) is 0 Å². The van der Waals surface area contributed by atoms with Crippen LogP contribution in [0.5, 0.6) is 0 Å². The van der Waals surface area contributed by atoms with Gasteiger partial charge in [0.25, 0.3) is 5.91 Å². The molecule has 1 N–H and O–H groups in total. The third-order valence-corrected chi connectivity index (χ3v) is 5.86. The van der Waals surface area contributed by atoms with Crippen molar-refractivity contribution in [2.75, 3.05) is 49.6 Å². The molecule has 0 bridgehead atoms. The Labute approximate surface area is 180 Å². The van der Waals surface area contributed by atoms with Gasteiger partial charge in [0.2, 0.25) is 11.9 Å². The number of ether oxygens (including phenoxy) is 1. The van der Waals surface area contributed by atoms with Crippen molar-refractivity contribution in [2.45, 2.75) is 12.5 Å². The van der Waals surface area contributed by atoms with E-state index in [1.54, 1.807) is 4.90 Å². The van der Waals surface area contributed by atoms with Crippen LogP contribution in [-0.4, -0.2) is 65.7 Å². The van der Waals surface area contributed by atoms with Crippen molar-refractivity contribution in [3.63, 3.8) is 0 Å². The fourth-order valence-corrected chi connectivity index (χ4v) is 4.28. The normalized spacial score (nSPS) is 19.0. The van der Waals surface area contributed by atoms with Crippen molar-refractivity contribution in [1.29, 1.82) is 0 Å².